The van der Waals surface area contributed by atoms with Crippen molar-refractivity contribution in [2.75, 3.05) is 12.4 Å². The highest BCUT2D eigenvalue weighted by atomic mass is 32.2. The first-order valence-electron chi connectivity index (χ1n) is 12.1. The van der Waals surface area contributed by atoms with Gasteiger partial charge in [0.1, 0.15) is 33.1 Å². The van der Waals surface area contributed by atoms with E-state index in [9.17, 15) is 26.8 Å². The number of thiazole rings is 1. The highest BCUT2D eigenvalue weighted by Gasteiger charge is 2.58. The second kappa shape index (κ2) is 10.5. The van der Waals surface area contributed by atoms with Gasteiger partial charge in [0.2, 0.25) is 16.0 Å². The Labute approximate surface area is 232 Å². The highest BCUT2D eigenvalue weighted by molar-refractivity contribution is 7.90. The maximum atomic E-state index is 13.7. The lowest BCUT2D eigenvalue weighted by atomic mass is 9.95. The minimum Gasteiger partial charge on any atom is -0.433 e. The number of guanidine groups is 1. The van der Waals surface area contributed by atoms with E-state index in [0.29, 0.717) is 23.4 Å². The smallest absolute Gasteiger partial charge is 0.387 e. The number of anilines is 1. The van der Waals surface area contributed by atoms with Crippen LogP contribution in [-0.4, -0.2) is 59.4 Å². The largest absolute Gasteiger partial charge is 0.433 e. The molecule has 15 heteroatoms. The van der Waals surface area contributed by atoms with E-state index in [-0.39, 0.29) is 29.1 Å². The van der Waals surface area contributed by atoms with Crippen LogP contribution < -0.4 is 15.4 Å². The Bertz CT molecular complexity index is 1560. The molecule has 40 heavy (non-hydrogen) atoms. The summed E-state index contributed by atoms with van der Waals surface area (Å²) in [7, 11) is -2.60. The lowest BCUT2D eigenvalue weighted by molar-refractivity contribution is -0.0500. The van der Waals surface area contributed by atoms with Crippen LogP contribution in [0.4, 0.5) is 14.6 Å². The number of halogens is 2. The van der Waals surface area contributed by atoms with E-state index >= 15 is 0 Å². The summed E-state index contributed by atoms with van der Waals surface area (Å²) in [6.07, 6.45) is 2.42. The van der Waals surface area contributed by atoms with E-state index in [4.69, 9.17) is 4.99 Å². The zero-order valence-corrected chi connectivity index (χ0v) is 22.9. The number of rotatable bonds is 7. The molecule has 0 bridgehead atoms. The monoisotopic (exact) mass is 590 g/mol. The molecule has 1 saturated carbocycles. The first-order valence-corrected chi connectivity index (χ1v) is 14.5. The first kappa shape index (κ1) is 27.6. The predicted molar refractivity (Wildman–Crippen MR) is 143 cm³/mol. The van der Waals surface area contributed by atoms with E-state index in [1.165, 1.54) is 19.2 Å². The Balaban J connectivity index is 1.43. The molecular weight excluding hydrogens is 566 g/mol. The summed E-state index contributed by atoms with van der Waals surface area (Å²) < 4.78 is 57.4. The molecule has 0 saturated heterocycles. The zero-order chi connectivity index (χ0) is 28.7. The fourth-order valence-electron chi connectivity index (χ4n) is 4.51. The Morgan fingerprint density at radius 2 is 1.85 bits per heavy atom. The number of nitrogens with zero attached hydrogens (tertiary/aromatic N) is 4. The fourth-order valence-corrected chi connectivity index (χ4v) is 7.65. The molecule has 2 atom stereocenters. The Hall–Kier alpha value is -3.98. The zero-order valence-electron chi connectivity index (χ0n) is 21.2. The molecule has 0 spiro atoms. The second-order valence-corrected chi connectivity index (χ2v) is 12.4. The molecule has 1 aliphatic heterocycles. The standard InChI is InChI=1S/C25H24F2N6O5S2/c1-25(22-30-18(13-39-22)29-21(35)17-11-10-16(12-28-17)38-23(26)27)19(14-8-9-14)40(36,37)33(2)24(32-25)31-20(34)15-6-4-3-5-7-15/h3-7,10-14,19,23H,8-9H2,1-2H3,(H,29,35)(H,31,32,34). The molecule has 2 unspecified atom stereocenters. The molecule has 2 amide bonds. The molecule has 2 N–H and O–H groups in total. The van der Waals surface area contributed by atoms with Gasteiger partial charge in [-0.2, -0.15) is 8.78 Å². The number of amides is 2. The maximum absolute atomic E-state index is 13.7. The minimum absolute atomic E-state index is 0.0657. The summed E-state index contributed by atoms with van der Waals surface area (Å²) in [6.45, 7) is -1.36. The number of pyridine rings is 1. The molecule has 3 aromatic rings. The molecule has 3 heterocycles. The average Bonchev–Trinajstić information content (AvgIpc) is 3.62. The third kappa shape index (κ3) is 5.38. The third-order valence-electron chi connectivity index (χ3n) is 6.58. The quantitative estimate of drug-likeness (QED) is 0.429. The molecule has 0 radical (unpaired) electrons. The minimum atomic E-state index is -3.95. The second-order valence-electron chi connectivity index (χ2n) is 9.42. The van der Waals surface area contributed by atoms with Gasteiger partial charge in [0.15, 0.2) is 0 Å². The van der Waals surface area contributed by atoms with Crippen LogP contribution in [-0.2, 0) is 15.6 Å². The Morgan fingerprint density at radius 3 is 2.48 bits per heavy atom. The molecule has 2 aromatic heterocycles. The number of aromatic nitrogens is 2. The van der Waals surface area contributed by atoms with Gasteiger partial charge in [-0.05, 0) is 49.9 Å². The maximum Gasteiger partial charge on any atom is 0.387 e. The summed E-state index contributed by atoms with van der Waals surface area (Å²) in [5, 5.41) is 6.14. The van der Waals surface area contributed by atoms with Crippen molar-refractivity contribution >= 4 is 45.0 Å². The van der Waals surface area contributed by atoms with Gasteiger partial charge in [0, 0.05) is 18.0 Å². The predicted octanol–water partition coefficient (Wildman–Crippen LogP) is 3.45. The average molecular weight is 591 g/mol. The molecule has 210 valence electrons. The van der Waals surface area contributed by atoms with Crippen LogP contribution in [0, 0.1) is 5.92 Å². The van der Waals surface area contributed by atoms with Crippen LogP contribution in [0.15, 0.2) is 59.0 Å². The van der Waals surface area contributed by atoms with Gasteiger partial charge >= 0.3 is 6.61 Å². The Morgan fingerprint density at radius 1 is 1.12 bits per heavy atom. The molecule has 1 aliphatic carbocycles. The number of hydrogen-bond donors (Lipinski definition) is 2. The van der Waals surface area contributed by atoms with Crippen LogP contribution in [0.25, 0.3) is 0 Å². The first-order chi connectivity index (χ1) is 19.0. The van der Waals surface area contributed by atoms with Gasteiger partial charge in [0.05, 0.1) is 6.20 Å². The van der Waals surface area contributed by atoms with Crippen LogP contribution in [0.5, 0.6) is 5.75 Å². The lowest BCUT2D eigenvalue weighted by Gasteiger charge is -2.41. The highest BCUT2D eigenvalue weighted by Crippen LogP contribution is 2.50. The molecule has 11 nitrogen and oxygen atoms in total. The van der Waals surface area contributed by atoms with Crippen LogP contribution in [0.2, 0.25) is 0 Å². The van der Waals surface area contributed by atoms with E-state index in [1.807, 2.05) is 0 Å². The van der Waals surface area contributed by atoms with Gasteiger partial charge in [0.25, 0.3) is 11.8 Å². The number of ether oxygens (including phenoxy) is 1. The van der Waals surface area contributed by atoms with Crippen LogP contribution in [0.3, 0.4) is 0 Å². The van der Waals surface area contributed by atoms with Gasteiger partial charge in [-0.15, -0.1) is 11.3 Å². The SMILES string of the molecule is CN1C(NC(=O)c2ccccc2)=NC(C)(c2nc(NC(=O)c3ccc(OC(F)F)cn3)cs2)C(C2CC2)S1(=O)=O. The van der Waals surface area contributed by atoms with Gasteiger partial charge in [-0.3, -0.25) is 14.9 Å². The number of nitrogens with one attached hydrogen (secondary N) is 2. The summed E-state index contributed by atoms with van der Waals surface area (Å²) in [6, 6.07) is 10.8. The van der Waals surface area contributed by atoms with E-state index in [2.05, 4.69) is 25.3 Å². The molecule has 5 rings (SSSR count). The summed E-state index contributed by atoms with van der Waals surface area (Å²) >= 11 is 1.12. The van der Waals surface area contributed by atoms with Crippen molar-refractivity contribution in [3.05, 3.63) is 70.3 Å². The number of aliphatic imine (C=N–C) groups is 1. The molecular formula is C25H24F2N6O5S2. The molecule has 1 aromatic carbocycles. The molecule has 2 aliphatic rings. The third-order valence-corrected chi connectivity index (χ3v) is 10.1. The number of sulfonamides is 1. The van der Waals surface area contributed by atoms with Crippen molar-refractivity contribution in [3.63, 3.8) is 0 Å². The van der Waals surface area contributed by atoms with Crippen LogP contribution >= 0.6 is 11.3 Å². The van der Waals surface area contributed by atoms with Crippen molar-refractivity contribution in [3.8, 4) is 5.75 Å². The summed E-state index contributed by atoms with van der Waals surface area (Å²) in [5.74, 6) is -1.51. The summed E-state index contributed by atoms with van der Waals surface area (Å²) in [4.78, 5) is 38.6. The van der Waals surface area contributed by atoms with Crippen molar-refractivity contribution in [2.45, 2.75) is 37.2 Å². The van der Waals surface area contributed by atoms with Gasteiger partial charge < -0.3 is 10.1 Å². The van der Waals surface area contributed by atoms with Gasteiger partial charge in [-0.25, -0.2) is 27.7 Å². The Kier molecular flexibility index (Phi) is 7.27. The number of carbonyl (C=O) groups excluding carboxylic acids is 2. The number of alkyl halides is 2. The number of benzene rings is 1. The van der Waals surface area contributed by atoms with Crippen molar-refractivity contribution in [2.24, 2.45) is 10.9 Å². The van der Waals surface area contributed by atoms with E-state index < -0.39 is 39.2 Å². The molecule has 1 fully saturated rings. The topological polar surface area (TPSA) is 143 Å². The van der Waals surface area contributed by atoms with Gasteiger partial charge in [-0.1, -0.05) is 18.2 Å². The van der Waals surface area contributed by atoms with Crippen molar-refractivity contribution in [1.29, 1.82) is 0 Å². The van der Waals surface area contributed by atoms with Crippen molar-refractivity contribution < 1.29 is 31.5 Å². The van der Waals surface area contributed by atoms with E-state index in [1.54, 1.807) is 42.6 Å². The van der Waals surface area contributed by atoms with E-state index in [0.717, 1.165) is 21.8 Å². The fraction of sp³-hybridized carbons (Fsp3) is 0.320. The van der Waals surface area contributed by atoms with Crippen molar-refractivity contribution in [1.82, 2.24) is 19.6 Å². The lowest BCUT2D eigenvalue weighted by Crippen LogP contribution is -2.58. The normalized spacial score (nSPS) is 22.0. The van der Waals surface area contributed by atoms with Crippen LogP contribution in [0.1, 0.15) is 45.6 Å². The summed E-state index contributed by atoms with van der Waals surface area (Å²) in [5.41, 5.74) is -1.08. The number of hydrogen-bond acceptors (Lipinski definition) is 9. The number of carbonyl (C=O) groups is 2.